The van der Waals surface area contributed by atoms with Crippen molar-refractivity contribution >= 4 is 21.7 Å². The van der Waals surface area contributed by atoms with E-state index in [1.165, 1.54) is 41.2 Å². The number of aliphatic hydroxyl groups is 1. The molecule has 2 fully saturated rings. The first-order valence-corrected chi connectivity index (χ1v) is 15.0. The summed E-state index contributed by atoms with van der Waals surface area (Å²) in [5, 5.41) is 14.4. The molecule has 2 N–H and O–H groups in total. The number of carbonyl (C=O) groups is 1. The van der Waals surface area contributed by atoms with E-state index in [0.717, 1.165) is 6.42 Å². The molecular formula is C28H32F3N5O5S. The van der Waals surface area contributed by atoms with E-state index in [1.807, 2.05) is 18.7 Å². The molecule has 1 unspecified atom stereocenters. The third-order valence-corrected chi connectivity index (χ3v) is 9.24. The number of carbonyl (C=O) groups excluding carboxylic acids is 1. The van der Waals surface area contributed by atoms with Gasteiger partial charge in [0.15, 0.2) is 5.82 Å². The Morgan fingerprint density at radius 2 is 1.86 bits per heavy atom. The highest BCUT2D eigenvalue weighted by atomic mass is 32.2. The number of benzene rings is 1. The highest BCUT2D eigenvalue weighted by molar-refractivity contribution is 7.90. The van der Waals surface area contributed by atoms with E-state index in [4.69, 9.17) is 4.74 Å². The average molecular weight is 608 g/mol. The molecule has 3 aromatic rings. The summed E-state index contributed by atoms with van der Waals surface area (Å²) in [6.07, 6.45) is -4.26. The van der Waals surface area contributed by atoms with Gasteiger partial charge in [0, 0.05) is 24.3 Å². The maximum atomic E-state index is 13.4. The van der Waals surface area contributed by atoms with Gasteiger partial charge in [-0.25, -0.2) is 22.8 Å². The van der Waals surface area contributed by atoms with Crippen molar-refractivity contribution in [2.24, 2.45) is 11.3 Å². The molecule has 2 atom stereocenters. The lowest BCUT2D eigenvalue weighted by Crippen LogP contribution is -2.41. The third-order valence-electron chi connectivity index (χ3n) is 7.89. The maximum absolute atomic E-state index is 13.4. The second-order valence-electron chi connectivity index (χ2n) is 11.6. The van der Waals surface area contributed by atoms with Crippen LogP contribution in [0.5, 0.6) is 5.88 Å². The van der Waals surface area contributed by atoms with Gasteiger partial charge >= 0.3 is 6.18 Å². The maximum Gasteiger partial charge on any atom is 0.397 e. The number of aromatic nitrogens is 3. The molecule has 0 radical (unpaired) electrons. The summed E-state index contributed by atoms with van der Waals surface area (Å²) < 4.78 is 74.5. The topological polar surface area (TPSA) is 127 Å². The van der Waals surface area contributed by atoms with Crippen LogP contribution in [-0.4, -0.2) is 65.2 Å². The van der Waals surface area contributed by atoms with Crippen LogP contribution in [0.1, 0.15) is 50.4 Å². The molecule has 42 heavy (non-hydrogen) atoms. The molecule has 0 spiro atoms. The smallest absolute Gasteiger partial charge is 0.397 e. The molecule has 2 aliphatic rings. The van der Waals surface area contributed by atoms with Crippen molar-refractivity contribution in [2.75, 3.05) is 18.1 Å². The van der Waals surface area contributed by atoms with Crippen LogP contribution < -0.4 is 14.4 Å². The van der Waals surface area contributed by atoms with Gasteiger partial charge in [-0.3, -0.25) is 4.79 Å². The Hall–Kier alpha value is -3.65. The highest BCUT2D eigenvalue weighted by Gasteiger charge is 2.67. The standard InChI is InChI=1S/C28H32F3N5O5S/c1-18-15-26(2,3)35(16-18)24-20(25(38)34-42(39,40)19-7-5-4-6-8-19)9-10-22(32-24)36-14-11-23(33-36)41-17-21(37)27(12-13-27)28(29,30)31/h4-11,14,18,21,37H,12-13,15-17H2,1-3H3,(H,34,38)/t18-,21?/m0/s1. The van der Waals surface area contributed by atoms with E-state index in [0.29, 0.717) is 6.54 Å². The van der Waals surface area contributed by atoms with Crippen LogP contribution in [0.15, 0.2) is 59.6 Å². The molecule has 1 aliphatic heterocycles. The molecule has 0 bridgehead atoms. The van der Waals surface area contributed by atoms with Crippen molar-refractivity contribution in [3.05, 3.63) is 60.3 Å². The molecule has 3 heterocycles. The summed E-state index contributed by atoms with van der Waals surface area (Å²) in [7, 11) is -4.15. The lowest BCUT2D eigenvalue weighted by Gasteiger charge is -2.34. The summed E-state index contributed by atoms with van der Waals surface area (Å²) in [5.41, 5.74) is -2.49. The molecule has 5 rings (SSSR count). The van der Waals surface area contributed by atoms with Gasteiger partial charge in [0.1, 0.15) is 18.5 Å². The first-order chi connectivity index (χ1) is 19.6. The van der Waals surface area contributed by atoms with Gasteiger partial charge in [-0.2, -0.15) is 13.2 Å². The first-order valence-electron chi connectivity index (χ1n) is 13.5. The Bertz CT molecular complexity index is 1570. The Balaban J connectivity index is 1.41. The van der Waals surface area contributed by atoms with E-state index in [-0.39, 0.29) is 46.7 Å². The Labute approximate surface area is 241 Å². The molecule has 226 valence electrons. The Kier molecular flexibility index (Phi) is 7.50. The number of ether oxygens (including phenoxy) is 1. The van der Waals surface area contributed by atoms with E-state index in [2.05, 4.69) is 21.7 Å². The third kappa shape index (κ3) is 5.69. The van der Waals surface area contributed by atoms with Crippen molar-refractivity contribution in [2.45, 2.75) is 62.7 Å². The highest BCUT2D eigenvalue weighted by Crippen LogP contribution is 2.59. The van der Waals surface area contributed by atoms with Gasteiger partial charge in [-0.15, -0.1) is 5.10 Å². The summed E-state index contributed by atoms with van der Waals surface area (Å²) in [5.74, 6) is -0.0530. The number of amides is 1. The average Bonchev–Trinajstić information content (AvgIpc) is 3.54. The second-order valence-corrected chi connectivity index (χ2v) is 13.3. The minimum atomic E-state index is -4.52. The fourth-order valence-corrected chi connectivity index (χ4v) is 6.51. The van der Waals surface area contributed by atoms with Gasteiger partial charge in [0.05, 0.1) is 15.9 Å². The molecule has 2 aromatic heterocycles. The zero-order valence-electron chi connectivity index (χ0n) is 23.3. The molecule has 1 saturated heterocycles. The number of aliphatic hydroxyl groups excluding tert-OH is 1. The first kappa shape index (κ1) is 29.8. The van der Waals surface area contributed by atoms with Crippen molar-refractivity contribution in [3.8, 4) is 11.7 Å². The molecular weight excluding hydrogens is 575 g/mol. The summed E-state index contributed by atoms with van der Waals surface area (Å²) in [4.78, 5) is 19.9. The predicted octanol–water partition coefficient (Wildman–Crippen LogP) is 4.09. The van der Waals surface area contributed by atoms with E-state index < -0.39 is 45.8 Å². The Morgan fingerprint density at radius 1 is 1.17 bits per heavy atom. The molecule has 1 amide bonds. The van der Waals surface area contributed by atoms with E-state index in [1.54, 1.807) is 18.2 Å². The molecule has 1 aromatic carbocycles. The number of hydrogen-bond acceptors (Lipinski definition) is 8. The fraction of sp³-hybridized carbons (Fsp3) is 0.464. The van der Waals surface area contributed by atoms with Crippen molar-refractivity contribution in [1.29, 1.82) is 0 Å². The van der Waals surface area contributed by atoms with Gasteiger partial charge in [0.2, 0.25) is 5.88 Å². The van der Waals surface area contributed by atoms with Crippen LogP contribution >= 0.6 is 0 Å². The summed E-state index contributed by atoms with van der Waals surface area (Å²) in [6, 6.07) is 11.9. The molecule has 14 heteroatoms. The van der Waals surface area contributed by atoms with Crippen LogP contribution in [-0.2, 0) is 10.0 Å². The number of halogens is 3. The van der Waals surface area contributed by atoms with Gasteiger partial charge < -0.3 is 14.7 Å². The van der Waals surface area contributed by atoms with Crippen LogP contribution in [0, 0.1) is 11.3 Å². The van der Waals surface area contributed by atoms with Crippen LogP contribution in [0.2, 0.25) is 0 Å². The lowest BCUT2D eigenvalue weighted by molar-refractivity contribution is -0.217. The monoisotopic (exact) mass is 607 g/mol. The quantitative estimate of drug-likeness (QED) is 0.373. The summed E-state index contributed by atoms with van der Waals surface area (Å²) in [6.45, 7) is 6.07. The number of alkyl halides is 3. The molecule has 1 saturated carbocycles. The number of pyridine rings is 1. The number of anilines is 1. The number of sulfonamides is 1. The van der Waals surface area contributed by atoms with Crippen molar-refractivity contribution in [3.63, 3.8) is 0 Å². The van der Waals surface area contributed by atoms with E-state index in [9.17, 15) is 31.5 Å². The van der Waals surface area contributed by atoms with Gasteiger partial charge in [-0.1, -0.05) is 25.1 Å². The van der Waals surface area contributed by atoms with Crippen molar-refractivity contribution < 1.29 is 36.2 Å². The van der Waals surface area contributed by atoms with Crippen LogP contribution in [0.3, 0.4) is 0 Å². The number of nitrogens with zero attached hydrogens (tertiary/aromatic N) is 4. The van der Waals surface area contributed by atoms with Crippen LogP contribution in [0.25, 0.3) is 5.82 Å². The zero-order valence-corrected chi connectivity index (χ0v) is 24.1. The molecule has 1 aliphatic carbocycles. The van der Waals surface area contributed by atoms with E-state index >= 15 is 0 Å². The number of hydrogen-bond donors (Lipinski definition) is 2. The fourth-order valence-electron chi connectivity index (χ4n) is 5.52. The minimum absolute atomic E-state index is 0.0127. The summed E-state index contributed by atoms with van der Waals surface area (Å²) >= 11 is 0. The van der Waals surface area contributed by atoms with Crippen LogP contribution in [0.4, 0.5) is 19.0 Å². The second kappa shape index (κ2) is 10.6. The van der Waals surface area contributed by atoms with Crippen molar-refractivity contribution in [1.82, 2.24) is 19.5 Å². The SMILES string of the molecule is C[C@@H]1CN(c2nc(-n3ccc(OCC(O)C4(C(F)(F)F)CC4)n3)ccc2C(=O)NS(=O)(=O)c2ccccc2)C(C)(C)C1. The largest absolute Gasteiger partial charge is 0.474 e. The number of rotatable bonds is 9. The lowest BCUT2D eigenvalue weighted by atomic mass is 9.97. The number of nitrogens with one attached hydrogen (secondary N) is 1. The van der Waals surface area contributed by atoms with Gasteiger partial charge in [0.25, 0.3) is 15.9 Å². The minimum Gasteiger partial charge on any atom is -0.474 e. The predicted molar refractivity (Wildman–Crippen MR) is 147 cm³/mol. The molecule has 10 nitrogen and oxygen atoms in total. The Morgan fingerprint density at radius 3 is 2.45 bits per heavy atom. The normalized spacial score (nSPS) is 20.3. The van der Waals surface area contributed by atoms with Gasteiger partial charge in [-0.05, 0) is 63.3 Å². The zero-order chi connectivity index (χ0) is 30.5.